The van der Waals surface area contributed by atoms with Gasteiger partial charge in [-0.2, -0.15) is 0 Å². The number of para-hydroxylation sites is 2. The summed E-state index contributed by atoms with van der Waals surface area (Å²) in [5, 5.41) is 0.920. The van der Waals surface area contributed by atoms with Crippen molar-refractivity contribution in [2.24, 2.45) is 0 Å². The predicted molar refractivity (Wildman–Crippen MR) is 105 cm³/mol. The van der Waals surface area contributed by atoms with Crippen molar-refractivity contribution in [2.75, 3.05) is 33.2 Å². The molecule has 0 aliphatic carbocycles. The van der Waals surface area contributed by atoms with Crippen molar-refractivity contribution in [1.29, 1.82) is 0 Å². The van der Waals surface area contributed by atoms with Crippen LogP contribution < -0.4 is 0 Å². The van der Waals surface area contributed by atoms with Crippen LogP contribution in [0.4, 0.5) is 0 Å². The summed E-state index contributed by atoms with van der Waals surface area (Å²) in [4.78, 5) is 24.7. The van der Waals surface area contributed by atoms with Gasteiger partial charge in [0.25, 0.3) is 5.91 Å². The molecule has 0 spiro atoms. The van der Waals surface area contributed by atoms with Crippen LogP contribution in [0, 0.1) is 0 Å². The molecule has 1 aliphatic rings. The molecule has 1 N–H and O–H groups in total. The summed E-state index contributed by atoms with van der Waals surface area (Å²) in [6, 6.07) is 16.0. The number of fused-ring (bicyclic) bond motifs is 1. The zero-order valence-corrected chi connectivity index (χ0v) is 15.6. The Kier molecular flexibility index (Phi) is 4.95. The molecule has 0 saturated carbocycles. The first-order valence-electron chi connectivity index (χ1n) is 8.83. The molecule has 1 amide bonds. The Bertz CT molecular complexity index is 865. The molecule has 4 rings (SSSR count). The number of imidazole rings is 1. The molecule has 0 radical (unpaired) electrons. The lowest BCUT2D eigenvalue weighted by atomic mass is 10.1. The summed E-state index contributed by atoms with van der Waals surface area (Å²) < 4.78 is 0. The van der Waals surface area contributed by atoms with Gasteiger partial charge in [0.15, 0.2) is 5.16 Å². The third-order valence-corrected chi connectivity index (χ3v) is 5.68. The molecular weight excluding hydrogens is 344 g/mol. The first-order valence-corrected chi connectivity index (χ1v) is 9.82. The average Bonchev–Trinajstić information content (AvgIpc) is 3.10. The summed E-state index contributed by atoms with van der Waals surface area (Å²) in [5.41, 5.74) is 4.00. The molecule has 1 aromatic heterocycles. The highest BCUT2D eigenvalue weighted by Gasteiger charge is 2.20. The highest BCUT2D eigenvalue weighted by molar-refractivity contribution is 7.98. The minimum atomic E-state index is 0.134. The van der Waals surface area contributed by atoms with E-state index in [0.717, 1.165) is 53.7 Å². The smallest absolute Gasteiger partial charge is 0.253 e. The van der Waals surface area contributed by atoms with Crippen molar-refractivity contribution in [3.63, 3.8) is 0 Å². The normalized spacial score (nSPS) is 15.5. The molecule has 1 aliphatic heterocycles. The number of thioether (sulfide) groups is 1. The second kappa shape index (κ2) is 7.51. The van der Waals surface area contributed by atoms with Crippen LogP contribution >= 0.6 is 11.8 Å². The number of piperazine rings is 1. The fraction of sp³-hybridized carbons (Fsp3) is 0.300. The van der Waals surface area contributed by atoms with Crippen molar-refractivity contribution in [3.8, 4) is 0 Å². The first-order chi connectivity index (χ1) is 12.7. The third kappa shape index (κ3) is 3.76. The molecule has 1 fully saturated rings. The maximum atomic E-state index is 12.6. The zero-order valence-electron chi connectivity index (χ0n) is 14.8. The molecule has 0 bridgehead atoms. The van der Waals surface area contributed by atoms with Crippen LogP contribution in [-0.4, -0.2) is 58.9 Å². The van der Waals surface area contributed by atoms with Crippen LogP contribution in [0.1, 0.15) is 15.9 Å². The maximum Gasteiger partial charge on any atom is 0.253 e. The molecule has 2 aromatic carbocycles. The number of hydrogen-bond acceptors (Lipinski definition) is 4. The number of amides is 1. The van der Waals surface area contributed by atoms with Gasteiger partial charge in [0, 0.05) is 37.5 Å². The molecule has 1 saturated heterocycles. The van der Waals surface area contributed by atoms with Gasteiger partial charge in [-0.05, 0) is 36.9 Å². The quantitative estimate of drug-likeness (QED) is 0.720. The Labute approximate surface area is 157 Å². The van der Waals surface area contributed by atoms with E-state index in [9.17, 15) is 4.79 Å². The number of nitrogens with one attached hydrogen (secondary N) is 1. The van der Waals surface area contributed by atoms with Gasteiger partial charge in [-0.3, -0.25) is 4.79 Å². The standard InChI is InChI=1S/C20H22N4OS/c1-23-10-12-24(13-11-23)19(25)16-8-6-15(7-9-16)14-26-20-21-17-4-2-3-5-18(17)22-20/h2-9H,10-14H2,1H3,(H,21,22). The minimum absolute atomic E-state index is 0.134. The highest BCUT2D eigenvalue weighted by Crippen LogP contribution is 2.23. The maximum absolute atomic E-state index is 12.6. The van der Waals surface area contributed by atoms with Crippen LogP contribution in [-0.2, 0) is 5.75 Å². The van der Waals surface area contributed by atoms with Gasteiger partial charge in [0.05, 0.1) is 11.0 Å². The molecule has 26 heavy (non-hydrogen) atoms. The van der Waals surface area contributed by atoms with E-state index in [1.54, 1.807) is 11.8 Å². The van der Waals surface area contributed by atoms with E-state index in [1.807, 2.05) is 53.4 Å². The van der Waals surface area contributed by atoms with E-state index >= 15 is 0 Å². The second-order valence-corrected chi connectivity index (χ2v) is 7.60. The van der Waals surface area contributed by atoms with Gasteiger partial charge < -0.3 is 14.8 Å². The van der Waals surface area contributed by atoms with Gasteiger partial charge in [0.1, 0.15) is 0 Å². The molecule has 6 heteroatoms. The lowest BCUT2D eigenvalue weighted by Crippen LogP contribution is -2.47. The van der Waals surface area contributed by atoms with E-state index < -0.39 is 0 Å². The monoisotopic (exact) mass is 366 g/mol. The Morgan fingerprint density at radius 3 is 2.54 bits per heavy atom. The van der Waals surface area contributed by atoms with Gasteiger partial charge >= 0.3 is 0 Å². The zero-order chi connectivity index (χ0) is 17.9. The molecular formula is C20H22N4OS. The lowest BCUT2D eigenvalue weighted by molar-refractivity contribution is 0.0664. The molecule has 2 heterocycles. The molecule has 3 aromatic rings. The van der Waals surface area contributed by atoms with Gasteiger partial charge in [-0.25, -0.2) is 4.98 Å². The Hall–Kier alpha value is -2.31. The summed E-state index contributed by atoms with van der Waals surface area (Å²) in [6.45, 7) is 3.49. The van der Waals surface area contributed by atoms with Crippen molar-refractivity contribution >= 4 is 28.7 Å². The molecule has 134 valence electrons. The largest absolute Gasteiger partial charge is 0.336 e. The summed E-state index contributed by atoms with van der Waals surface area (Å²) in [5.74, 6) is 0.956. The third-order valence-electron chi connectivity index (χ3n) is 4.73. The van der Waals surface area contributed by atoms with Crippen molar-refractivity contribution in [2.45, 2.75) is 10.9 Å². The summed E-state index contributed by atoms with van der Waals surface area (Å²) >= 11 is 1.67. The van der Waals surface area contributed by atoms with E-state index in [1.165, 1.54) is 5.56 Å². The van der Waals surface area contributed by atoms with E-state index in [-0.39, 0.29) is 5.91 Å². The average molecular weight is 366 g/mol. The van der Waals surface area contributed by atoms with Gasteiger partial charge in [-0.1, -0.05) is 36.0 Å². The van der Waals surface area contributed by atoms with Crippen molar-refractivity contribution in [1.82, 2.24) is 19.8 Å². The van der Waals surface area contributed by atoms with E-state index in [4.69, 9.17) is 0 Å². The van der Waals surface area contributed by atoms with E-state index in [2.05, 4.69) is 21.9 Å². The fourth-order valence-corrected chi connectivity index (χ4v) is 3.93. The topological polar surface area (TPSA) is 52.2 Å². The number of carbonyl (C=O) groups excluding carboxylic acids is 1. The van der Waals surface area contributed by atoms with Crippen molar-refractivity contribution < 1.29 is 4.79 Å². The number of H-pyrrole nitrogens is 1. The van der Waals surface area contributed by atoms with Gasteiger partial charge in [-0.15, -0.1) is 0 Å². The fourth-order valence-electron chi connectivity index (χ4n) is 3.09. The summed E-state index contributed by atoms with van der Waals surface area (Å²) in [6.07, 6.45) is 0. The van der Waals surface area contributed by atoms with Crippen LogP contribution in [0.5, 0.6) is 0 Å². The van der Waals surface area contributed by atoms with E-state index in [0.29, 0.717) is 0 Å². The summed E-state index contributed by atoms with van der Waals surface area (Å²) in [7, 11) is 2.09. The number of aromatic nitrogens is 2. The SMILES string of the molecule is CN1CCN(C(=O)c2ccc(CSc3nc4ccccc4[nH]3)cc2)CC1. The van der Waals surface area contributed by atoms with Crippen molar-refractivity contribution in [3.05, 3.63) is 59.7 Å². The Balaban J connectivity index is 1.37. The number of carbonyl (C=O) groups is 1. The molecule has 5 nitrogen and oxygen atoms in total. The van der Waals surface area contributed by atoms with Crippen LogP contribution in [0.2, 0.25) is 0 Å². The first kappa shape index (κ1) is 17.1. The minimum Gasteiger partial charge on any atom is -0.336 e. The second-order valence-electron chi connectivity index (χ2n) is 6.64. The Morgan fingerprint density at radius 2 is 1.81 bits per heavy atom. The van der Waals surface area contributed by atoms with Crippen LogP contribution in [0.15, 0.2) is 53.7 Å². The number of benzene rings is 2. The number of rotatable bonds is 4. The predicted octanol–water partition coefficient (Wildman–Crippen LogP) is 3.24. The Morgan fingerprint density at radius 1 is 1.08 bits per heavy atom. The lowest BCUT2D eigenvalue weighted by Gasteiger charge is -2.32. The number of likely N-dealkylation sites (N-methyl/N-ethyl adjacent to an activating group) is 1. The van der Waals surface area contributed by atoms with Gasteiger partial charge in [0.2, 0.25) is 0 Å². The number of nitrogens with zero attached hydrogens (tertiary/aromatic N) is 3. The molecule has 0 atom stereocenters. The molecule has 0 unspecified atom stereocenters. The number of hydrogen-bond donors (Lipinski definition) is 1. The highest BCUT2D eigenvalue weighted by atomic mass is 32.2. The van der Waals surface area contributed by atoms with Crippen LogP contribution in [0.25, 0.3) is 11.0 Å². The number of aromatic amines is 1. The van der Waals surface area contributed by atoms with Crippen LogP contribution in [0.3, 0.4) is 0 Å².